The van der Waals surface area contributed by atoms with E-state index in [-0.39, 0.29) is 35.8 Å². The summed E-state index contributed by atoms with van der Waals surface area (Å²) in [4.78, 5) is 67.0. The predicted molar refractivity (Wildman–Crippen MR) is 203 cm³/mol. The van der Waals surface area contributed by atoms with Crippen molar-refractivity contribution in [1.29, 1.82) is 0 Å². The van der Waals surface area contributed by atoms with Gasteiger partial charge in [-0.15, -0.1) is 0 Å². The fraction of sp³-hybridized carbons (Fsp3) is 0.500. The molecular formula is C40H47N9O6. The van der Waals surface area contributed by atoms with E-state index in [9.17, 15) is 24.3 Å². The van der Waals surface area contributed by atoms with E-state index in [0.717, 1.165) is 102 Å². The summed E-state index contributed by atoms with van der Waals surface area (Å²) in [5.41, 5.74) is 9.98. The highest BCUT2D eigenvalue weighted by atomic mass is 16.5. The Labute approximate surface area is 319 Å². The Kier molecular flexibility index (Phi) is 9.17. The molecule has 0 aliphatic carbocycles. The Morgan fingerprint density at radius 3 is 2.51 bits per heavy atom. The monoisotopic (exact) mass is 749 g/mol. The zero-order valence-electron chi connectivity index (χ0n) is 30.8. The molecule has 9 rings (SSSR count). The minimum Gasteiger partial charge on any atom is -0.380 e. The van der Waals surface area contributed by atoms with Gasteiger partial charge in [0.05, 0.1) is 19.4 Å². The predicted octanol–water partition coefficient (Wildman–Crippen LogP) is 2.50. The van der Waals surface area contributed by atoms with Gasteiger partial charge in [-0.1, -0.05) is 12.1 Å². The molecule has 1 aromatic heterocycles. The number of rotatable bonds is 9. The lowest BCUT2D eigenvalue weighted by Gasteiger charge is -2.37. The van der Waals surface area contributed by atoms with Gasteiger partial charge < -0.3 is 35.6 Å². The van der Waals surface area contributed by atoms with Crippen LogP contribution in [0.4, 0.5) is 23.0 Å². The van der Waals surface area contributed by atoms with E-state index in [2.05, 4.69) is 42.5 Å². The maximum Gasteiger partial charge on any atom is 0.271 e. The van der Waals surface area contributed by atoms with Gasteiger partial charge in [-0.05, 0) is 92.9 Å². The number of benzene rings is 2. The number of aliphatic hydroxyl groups is 1. The molecule has 5 N–H and O–H groups in total. The average molecular weight is 750 g/mol. The molecule has 0 saturated carbocycles. The smallest absolute Gasteiger partial charge is 0.271 e. The third-order valence-corrected chi connectivity index (χ3v) is 12.6. The number of carbonyl (C=O) groups is 4. The summed E-state index contributed by atoms with van der Waals surface area (Å²) in [5, 5.41) is 16.7. The van der Waals surface area contributed by atoms with Crippen molar-refractivity contribution in [2.75, 3.05) is 74.1 Å². The zero-order valence-corrected chi connectivity index (χ0v) is 30.8. The molecule has 288 valence electrons. The average Bonchev–Trinajstić information content (AvgIpc) is 3.90. The molecule has 1 spiro atoms. The Balaban J connectivity index is 0.771. The van der Waals surface area contributed by atoms with Gasteiger partial charge in [0.15, 0.2) is 17.7 Å². The molecule has 2 unspecified atom stereocenters. The number of hydrogen-bond donors (Lipinski definition) is 4. The Morgan fingerprint density at radius 1 is 1.00 bits per heavy atom. The quantitative estimate of drug-likeness (QED) is 0.235. The number of fused-ring (bicyclic) bond motifs is 1. The topological polar surface area (TPSA) is 187 Å². The van der Waals surface area contributed by atoms with Crippen LogP contribution >= 0.6 is 0 Å². The minimum absolute atomic E-state index is 0.118. The maximum absolute atomic E-state index is 13.2. The van der Waals surface area contributed by atoms with Crippen LogP contribution in [0.25, 0.3) is 0 Å². The summed E-state index contributed by atoms with van der Waals surface area (Å²) < 4.78 is 5.47. The fourth-order valence-corrected chi connectivity index (χ4v) is 9.38. The van der Waals surface area contributed by atoms with Gasteiger partial charge in [-0.3, -0.25) is 29.4 Å². The molecule has 5 saturated heterocycles. The molecule has 15 nitrogen and oxygen atoms in total. The van der Waals surface area contributed by atoms with Crippen LogP contribution in [0.2, 0.25) is 0 Å². The number of hydrogen-bond acceptors (Lipinski definition) is 12. The first-order valence-corrected chi connectivity index (χ1v) is 19.5. The molecule has 3 aromatic rings. The van der Waals surface area contributed by atoms with Crippen LogP contribution < -0.4 is 26.2 Å². The third-order valence-electron chi connectivity index (χ3n) is 12.6. The number of nitrogens with two attached hydrogens (primary N) is 1. The van der Waals surface area contributed by atoms with Crippen molar-refractivity contribution in [3.05, 3.63) is 71.0 Å². The van der Waals surface area contributed by atoms with Crippen molar-refractivity contribution in [2.24, 2.45) is 17.1 Å². The van der Waals surface area contributed by atoms with Gasteiger partial charge >= 0.3 is 0 Å². The standard InChI is InChI=1S/C40H47N9O6/c41-35(51)34-36(44-32(18-42-34)48-16-12-40(21-48)22-55-23-40)43-27-3-1-25(2-4-27)26-10-13-46(14-11-26)19-24-9-15-47(20-24)28-5-6-29-30(17-28)39(54)49(38(29)53)31-7-8-33(50)45-37(31)52/h1-6,17-18,24,26,31,39,54H,7-16,19-23H2,(H2,41,51)(H,43,44)(H,45,50,52)/t24-,31?,39?/m1/s1. The first-order chi connectivity index (χ1) is 26.6. The largest absolute Gasteiger partial charge is 0.380 e. The van der Waals surface area contributed by atoms with Gasteiger partial charge in [0.1, 0.15) is 11.9 Å². The Hall–Kier alpha value is -5.12. The lowest BCUT2D eigenvalue weighted by Crippen LogP contribution is -2.53. The number of piperidine rings is 2. The number of primary amides is 1. The molecule has 3 atom stereocenters. The number of carbonyl (C=O) groups excluding carboxylic acids is 4. The zero-order chi connectivity index (χ0) is 37.8. The molecule has 5 fully saturated rings. The summed E-state index contributed by atoms with van der Waals surface area (Å²) in [7, 11) is 0. The molecule has 7 heterocycles. The molecule has 0 radical (unpaired) electrons. The van der Waals surface area contributed by atoms with E-state index in [0.29, 0.717) is 28.8 Å². The molecular weight excluding hydrogens is 702 g/mol. The molecule has 6 aliphatic rings. The number of nitrogens with one attached hydrogen (secondary N) is 2. The normalized spacial score (nSPS) is 25.4. The second kappa shape index (κ2) is 14.2. The summed E-state index contributed by atoms with van der Waals surface area (Å²) in [5.74, 6) is 0.153. The van der Waals surface area contributed by atoms with Crippen LogP contribution in [0.15, 0.2) is 48.7 Å². The molecule has 4 amide bonds. The maximum atomic E-state index is 13.2. The van der Waals surface area contributed by atoms with E-state index in [1.165, 1.54) is 10.5 Å². The summed E-state index contributed by atoms with van der Waals surface area (Å²) in [6.45, 7) is 8.16. The lowest BCUT2D eigenvalue weighted by molar-refractivity contribution is -0.139. The van der Waals surface area contributed by atoms with Gasteiger partial charge in [0.25, 0.3) is 11.8 Å². The lowest BCUT2D eigenvalue weighted by atomic mass is 9.85. The summed E-state index contributed by atoms with van der Waals surface area (Å²) >= 11 is 0. The molecule has 2 aromatic carbocycles. The first kappa shape index (κ1) is 35.6. The SMILES string of the molecule is NC(=O)c1ncc(N2CCC3(COC3)C2)nc1Nc1ccc(C2CCN(C[C@H]3CCN(c4ccc5c(c4)C(O)N(C4CCC(=O)NC4=O)C5=O)C3)CC2)cc1. The molecule has 55 heavy (non-hydrogen) atoms. The summed E-state index contributed by atoms with van der Waals surface area (Å²) in [6.07, 6.45) is 5.01. The third kappa shape index (κ3) is 6.78. The van der Waals surface area contributed by atoms with Gasteiger partial charge in [-0.25, -0.2) is 9.97 Å². The first-order valence-electron chi connectivity index (χ1n) is 19.5. The minimum atomic E-state index is -1.23. The van der Waals surface area contributed by atoms with Crippen molar-refractivity contribution in [1.82, 2.24) is 25.1 Å². The number of anilines is 4. The van der Waals surface area contributed by atoms with Crippen LogP contribution in [-0.4, -0.2) is 114 Å². The molecule has 6 aliphatic heterocycles. The van der Waals surface area contributed by atoms with Crippen molar-refractivity contribution >= 4 is 46.6 Å². The van der Waals surface area contributed by atoms with E-state index in [1.54, 1.807) is 12.3 Å². The number of ether oxygens (including phenoxy) is 1. The summed E-state index contributed by atoms with van der Waals surface area (Å²) in [6, 6.07) is 13.1. The Morgan fingerprint density at radius 2 is 1.80 bits per heavy atom. The number of aromatic nitrogens is 2. The number of likely N-dealkylation sites (tertiary alicyclic amines) is 1. The second-order valence-corrected chi connectivity index (χ2v) is 16.2. The van der Waals surface area contributed by atoms with Crippen molar-refractivity contribution in [2.45, 2.75) is 56.7 Å². The van der Waals surface area contributed by atoms with Crippen molar-refractivity contribution in [3.8, 4) is 0 Å². The van der Waals surface area contributed by atoms with E-state index in [1.807, 2.05) is 24.3 Å². The van der Waals surface area contributed by atoms with Gasteiger partial charge in [-0.2, -0.15) is 0 Å². The molecule has 15 heteroatoms. The number of imide groups is 1. The van der Waals surface area contributed by atoms with Gasteiger partial charge in [0, 0.05) is 67.1 Å². The highest BCUT2D eigenvalue weighted by Gasteiger charge is 2.46. The highest BCUT2D eigenvalue weighted by Crippen LogP contribution is 2.40. The van der Waals surface area contributed by atoms with E-state index >= 15 is 0 Å². The van der Waals surface area contributed by atoms with Crippen molar-refractivity contribution < 1.29 is 29.0 Å². The Bertz CT molecular complexity index is 2010. The van der Waals surface area contributed by atoms with Crippen molar-refractivity contribution in [3.63, 3.8) is 0 Å². The van der Waals surface area contributed by atoms with Crippen LogP contribution in [-0.2, 0) is 14.3 Å². The van der Waals surface area contributed by atoms with Crippen LogP contribution in [0.1, 0.15) is 82.6 Å². The van der Waals surface area contributed by atoms with E-state index in [4.69, 9.17) is 15.5 Å². The number of amides is 4. The van der Waals surface area contributed by atoms with Crippen LogP contribution in [0.5, 0.6) is 0 Å². The van der Waals surface area contributed by atoms with Gasteiger partial charge in [0.2, 0.25) is 11.8 Å². The number of aliphatic hydroxyl groups excluding tert-OH is 1. The fourth-order valence-electron chi connectivity index (χ4n) is 9.38. The number of nitrogens with zero attached hydrogens (tertiary/aromatic N) is 6. The second-order valence-electron chi connectivity index (χ2n) is 16.2. The van der Waals surface area contributed by atoms with Crippen LogP contribution in [0, 0.1) is 11.3 Å². The van der Waals surface area contributed by atoms with E-state index < -0.39 is 24.1 Å². The molecule has 0 bridgehead atoms. The van der Waals surface area contributed by atoms with Crippen LogP contribution in [0.3, 0.4) is 0 Å². The highest BCUT2D eigenvalue weighted by molar-refractivity contribution is 6.06.